The summed E-state index contributed by atoms with van der Waals surface area (Å²) in [6, 6.07) is 2.69. The Morgan fingerprint density at radius 3 is 2.74 bits per heavy atom. The first-order chi connectivity index (χ1) is 12.7. The third kappa shape index (κ3) is 4.36. The maximum Gasteiger partial charge on any atom is 0.248 e. The number of carbonyl (C=O) groups is 1. The van der Waals surface area contributed by atoms with Crippen LogP contribution in [0.15, 0.2) is 24.3 Å². The molecular formula is C17H16ClF2N3O3S. The highest BCUT2D eigenvalue weighted by atomic mass is 35.5. The van der Waals surface area contributed by atoms with E-state index in [9.17, 15) is 22.0 Å². The molecule has 0 saturated carbocycles. The molecule has 1 aromatic heterocycles. The fraction of sp³-hybridized carbons (Fsp3) is 0.294. The number of nitrogens with zero attached hydrogens (tertiary/aromatic N) is 2. The van der Waals surface area contributed by atoms with Crippen molar-refractivity contribution >= 4 is 39.1 Å². The van der Waals surface area contributed by atoms with Gasteiger partial charge in [-0.15, -0.1) is 0 Å². The molecular weight excluding hydrogens is 400 g/mol. The zero-order valence-electron chi connectivity index (χ0n) is 14.2. The van der Waals surface area contributed by atoms with E-state index in [2.05, 4.69) is 10.4 Å². The van der Waals surface area contributed by atoms with E-state index in [-0.39, 0.29) is 28.4 Å². The molecule has 2 aromatic rings. The highest BCUT2D eigenvalue weighted by molar-refractivity contribution is 7.91. The van der Waals surface area contributed by atoms with Gasteiger partial charge in [-0.2, -0.15) is 5.10 Å². The van der Waals surface area contributed by atoms with Gasteiger partial charge in [-0.1, -0.05) is 11.6 Å². The first-order valence-electron chi connectivity index (χ1n) is 8.05. The molecule has 6 nitrogen and oxygen atoms in total. The molecule has 1 saturated heterocycles. The van der Waals surface area contributed by atoms with Crippen LogP contribution in [0, 0.1) is 18.6 Å². The Labute approximate surface area is 159 Å². The van der Waals surface area contributed by atoms with Crippen LogP contribution in [0.1, 0.15) is 23.7 Å². The third-order valence-electron chi connectivity index (χ3n) is 4.21. The molecule has 144 valence electrons. The second kappa shape index (κ2) is 7.40. The smallest absolute Gasteiger partial charge is 0.248 e. The molecule has 27 heavy (non-hydrogen) atoms. The van der Waals surface area contributed by atoms with Crippen LogP contribution >= 0.6 is 11.6 Å². The van der Waals surface area contributed by atoms with E-state index in [0.717, 1.165) is 12.1 Å². The van der Waals surface area contributed by atoms with Crippen LogP contribution in [0.25, 0.3) is 6.08 Å². The van der Waals surface area contributed by atoms with E-state index < -0.39 is 27.4 Å². The average Bonchev–Trinajstić information content (AvgIpc) is 3.08. The highest BCUT2D eigenvalue weighted by Gasteiger charge is 2.31. The van der Waals surface area contributed by atoms with Crippen molar-refractivity contribution in [2.45, 2.75) is 19.4 Å². The molecule has 0 bridgehead atoms. The number of hydrogen-bond donors (Lipinski definition) is 1. The molecule has 2 heterocycles. The number of carbonyl (C=O) groups excluding carboxylic acids is 1. The summed E-state index contributed by atoms with van der Waals surface area (Å²) in [5.41, 5.74) is 1.14. The minimum absolute atomic E-state index is 0.0202. The van der Waals surface area contributed by atoms with E-state index in [1.165, 1.54) is 22.9 Å². The largest absolute Gasteiger partial charge is 0.322 e. The van der Waals surface area contributed by atoms with Crippen molar-refractivity contribution in [3.05, 3.63) is 52.3 Å². The van der Waals surface area contributed by atoms with Crippen LogP contribution in [0.2, 0.25) is 5.15 Å². The van der Waals surface area contributed by atoms with Gasteiger partial charge in [0.1, 0.15) is 5.15 Å². The number of nitrogens with one attached hydrogen (secondary N) is 1. The normalized spacial score (nSPS) is 18.9. The molecule has 1 N–H and O–H groups in total. The van der Waals surface area contributed by atoms with Crippen LogP contribution in [-0.2, 0) is 14.6 Å². The van der Waals surface area contributed by atoms with E-state index in [4.69, 9.17) is 11.6 Å². The lowest BCUT2D eigenvalue weighted by Gasteiger charge is -2.09. The van der Waals surface area contributed by atoms with Crippen molar-refractivity contribution in [1.29, 1.82) is 0 Å². The van der Waals surface area contributed by atoms with E-state index >= 15 is 0 Å². The van der Waals surface area contributed by atoms with Crippen LogP contribution in [0.5, 0.6) is 0 Å². The first kappa shape index (κ1) is 19.5. The van der Waals surface area contributed by atoms with Crippen LogP contribution in [-0.4, -0.2) is 35.6 Å². The van der Waals surface area contributed by atoms with Crippen molar-refractivity contribution in [1.82, 2.24) is 9.78 Å². The molecule has 0 unspecified atom stereocenters. The minimum atomic E-state index is -3.09. The van der Waals surface area contributed by atoms with Gasteiger partial charge in [-0.25, -0.2) is 21.9 Å². The van der Waals surface area contributed by atoms with Gasteiger partial charge in [0.2, 0.25) is 5.91 Å². The van der Waals surface area contributed by atoms with Crippen LogP contribution in [0.3, 0.4) is 0 Å². The molecule has 1 aliphatic rings. The molecule has 0 aliphatic carbocycles. The van der Waals surface area contributed by atoms with Crippen LogP contribution < -0.4 is 5.32 Å². The summed E-state index contributed by atoms with van der Waals surface area (Å²) in [6.07, 6.45) is 3.07. The SMILES string of the molecule is Cc1nn([C@H]2CCS(=O)(=O)C2)c(Cl)c1/C=C/C(=O)Nc1ccc(F)c(F)c1. The Kier molecular flexibility index (Phi) is 5.34. The number of rotatable bonds is 4. The zero-order valence-corrected chi connectivity index (χ0v) is 15.8. The quantitative estimate of drug-likeness (QED) is 0.778. The maximum absolute atomic E-state index is 13.2. The number of hydrogen-bond acceptors (Lipinski definition) is 4. The second-order valence-corrected chi connectivity index (χ2v) is 8.83. The number of halogens is 3. The van der Waals surface area contributed by atoms with Gasteiger partial charge >= 0.3 is 0 Å². The summed E-state index contributed by atoms with van der Waals surface area (Å²) in [5.74, 6) is -2.56. The summed E-state index contributed by atoms with van der Waals surface area (Å²) >= 11 is 6.32. The predicted octanol–water partition coefficient (Wildman–Crippen LogP) is 3.13. The predicted molar refractivity (Wildman–Crippen MR) is 98.3 cm³/mol. The van der Waals surface area contributed by atoms with Gasteiger partial charge in [0, 0.05) is 23.4 Å². The molecule has 1 aromatic carbocycles. The van der Waals surface area contributed by atoms with E-state index in [0.29, 0.717) is 17.7 Å². The lowest BCUT2D eigenvalue weighted by Crippen LogP contribution is -2.12. The molecule has 1 amide bonds. The third-order valence-corrected chi connectivity index (χ3v) is 6.34. The summed E-state index contributed by atoms with van der Waals surface area (Å²) in [7, 11) is -3.09. The molecule has 10 heteroatoms. The summed E-state index contributed by atoms with van der Waals surface area (Å²) < 4.78 is 50.9. The van der Waals surface area contributed by atoms with Crippen molar-refractivity contribution in [3.63, 3.8) is 0 Å². The highest BCUT2D eigenvalue weighted by Crippen LogP contribution is 2.30. The molecule has 1 fully saturated rings. The molecule has 1 atom stereocenters. The molecule has 3 rings (SSSR count). The number of aryl methyl sites for hydroxylation is 1. The van der Waals surface area contributed by atoms with Crippen molar-refractivity contribution in [2.24, 2.45) is 0 Å². The van der Waals surface area contributed by atoms with Crippen molar-refractivity contribution in [3.8, 4) is 0 Å². The fourth-order valence-corrected chi connectivity index (χ4v) is 4.92. The van der Waals surface area contributed by atoms with Crippen molar-refractivity contribution in [2.75, 3.05) is 16.8 Å². The number of anilines is 1. The van der Waals surface area contributed by atoms with Gasteiger partial charge in [0.05, 0.1) is 23.2 Å². The molecule has 1 aliphatic heterocycles. The van der Waals surface area contributed by atoms with Gasteiger partial charge in [0.25, 0.3) is 0 Å². The number of benzene rings is 1. The topological polar surface area (TPSA) is 81.1 Å². The Balaban J connectivity index is 1.75. The Morgan fingerprint density at radius 1 is 1.37 bits per heavy atom. The second-order valence-electron chi connectivity index (χ2n) is 6.24. The molecule has 0 spiro atoms. The summed E-state index contributed by atoms with van der Waals surface area (Å²) in [5, 5.41) is 6.94. The zero-order chi connectivity index (χ0) is 19.8. The Morgan fingerprint density at radius 2 is 2.11 bits per heavy atom. The fourth-order valence-electron chi connectivity index (χ4n) is 2.85. The standard InChI is InChI=1S/C17H16ClF2N3O3S/c1-10-13(17(18)23(22-10)12-6-7-27(25,26)9-12)3-5-16(24)21-11-2-4-14(19)15(20)8-11/h2-5,8,12H,6-7,9H2,1H3,(H,21,24)/b5-3+/t12-/m0/s1. The van der Waals surface area contributed by atoms with E-state index in [1.807, 2.05) is 0 Å². The lowest BCUT2D eigenvalue weighted by molar-refractivity contribution is -0.111. The minimum Gasteiger partial charge on any atom is -0.322 e. The summed E-state index contributed by atoms with van der Waals surface area (Å²) in [4.78, 5) is 12.0. The van der Waals surface area contributed by atoms with Gasteiger partial charge in [-0.3, -0.25) is 4.79 Å². The van der Waals surface area contributed by atoms with Gasteiger partial charge in [0.15, 0.2) is 21.5 Å². The number of sulfone groups is 1. The number of aromatic nitrogens is 2. The lowest BCUT2D eigenvalue weighted by atomic mass is 10.2. The monoisotopic (exact) mass is 415 g/mol. The van der Waals surface area contributed by atoms with Gasteiger partial charge < -0.3 is 5.32 Å². The van der Waals surface area contributed by atoms with Gasteiger partial charge in [-0.05, 0) is 31.6 Å². The Bertz CT molecular complexity index is 1030. The van der Waals surface area contributed by atoms with Crippen LogP contribution in [0.4, 0.5) is 14.5 Å². The Hall–Kier alpha value is -2.26. The summed E-state index contributed by atoms with van der Waals surface area (Å²) in [6.45, 7) is 1.69. The molecule has 0 radical (unpaired) electrons. The van der Waals surface area contributed by atoms with E-state index in [1.54, 1.807) is 6.92 Å². The number of amides is 1. The van der Waals surface area contributed by atoms with Crippen molar-refractivity contribution < 1.29 is 22.0 Å². The maximum atomic E-state index is 13.2. The first-order valence-corrected chi connectivity index (χ1v) is 10.3. The average molecular weight is 416 g/mol.